The van der Waals surface area contributed by atoms with E-state index in [0.29, 0.717) is 29.6 Å². The molecule has 4 nitrogen and oxygen atoms in total. The van der Waals surface area contributed by atoms with E-state index in [-0.39, 0.29) is 12.1 Å². The Balaban J connectivity index is 2.24. The highest BCUT2D eigenvalue weighted by Crippen LogP contribution is 2.31. The largest absolute Gasteiger partial charge is 0.444 e. The number of benzene rings is 1. The van der Waals surface area contributed by atoms with Crippen molar-refractivity contribution in [1.29, 1.82) is 0 Å². The van der Waals surface area contributed by atoms with Crippen LogP contribution in [0.25, 0.3) is 5.57 Å². The molecule has 0 radical (unpaired) electrons. The Labute approximate surface area is 159 Å². The van der Waals surface area contributed by atoms with E-state index in [4.69, 9.17) is 32.7 Å². The molecule has 0 saturated heterocycles. The van der Waals surface area contributed by atoms with Crippen LogP contribution in [0.4, 0.5) is 4.79 Å². The number of amides is 1. The lowest BCUT2D eigenvalue weighted by Gasteiger charge is -2.36. The Morgan fingerprint density at radius 3 is 2.60 bits per heavy atom. The zero-order chi connectivity index (χ0) is 18.6. The summed E-state index contributed by atoms with van der Waals surface area (Å²) in [7, 11) is 1.66. The van der Waals surface area contributed by atoms with E-state index >= 15 is 0 Å². The number of carbonyl (C=O) groups is 1. The number of methoxy groups -OCH3 is 1. The first-order valence-electron chi connectivity index (χ1n) is 8.36. The maximum Gasteiger partial charge on any atom is 0.410 e. The lowest BCUT2D eigenvalue weighted by molar-refractivity contribution is 0.0170. The highest BCUT2D eigenvalue weighted by Gasteiger charge is 2.30. The summed E-state index contributed by atoms with van der Waals surface area (Å²) in [6, 6.07) is 5.54. The van der Waals surface area contributed by atoms with Crippen LogP contribution in [0.1, 0.15) is 39.2 Å². The lowest BCUT2D eigenvalue weighted by atomic mass is 9.95. The summed E-state index contributed by atoms with van der Waals surface area (Å²) in [6.07, 6.45) is 3.26. The Morgan fingerprint density at radius 1 is 1.28 bits per heavy atom. The van der Waals surface area contributed by atoms with E-state index in [1.165, 1.54) is 0 Å². The maximum absolute atomic E-state index is 12.5. The molecule has 25 heavy (non-hydrogen) atoms. The summed E-state index contributed by atoms with van der Waals surface area (Å²) in [4.78, 5) is 14.3. The van der Waals surface area contributed by atoms with Crippen LogP contribution in [0, 0.1) is 0 Å². The smallest absolute Gasteiger partial charge is 0.410 e. The van der Waals surface area contributed by atoms with Gasteiger partial charge in [-0.05, 0) is 56.9 Å². The SMILES string of the molecule is COCCC1C=C(c2ccc(Cl)c(Cl)c2)CCN1C(=O)OC(C)(C)C. The molecule has 0 spiro atoms. The van der Waals surface area contributed by atoms with Crippen molar-refractivity contribution < 1.29 is 14.3 Å². The van der Waals surface area contributed by atoms with Crippen LogP contribution in [0.5, 0.6) is 0 Å². The quantitative estimate of drug-likeness (QED) is 0.693. The Kier molecular flexibility index (Phi) is 6.78. The Bertz CT molecular complexity index is 653. The molecule has 1 atom stereocenters. The van der Waals surface area contributed by atoms with E-state index in [1.54, 1.807) is 18.1 Å². The van der Waals surface area contributed by atoms with E-state index in [9.17, 15) is 4.79 Å². The highest BCUT2D eigenvalue weighted by atomic mass is 35.5. The predicted octanol–water partition coefficient (Wildman–Crippen LogP) is 5.42. The van der Waals surface area contributed by atoms with Gasteiger partial charge in [-0.1, -0.05) is 35.3 Å². The third kappa shape index (κ3) is 5.63. The van der Waals surface area contributed by atoms with Crippen molar-refractivity contribution in [2.45, 2.75) is 45.3 Å². The topological polar surface area (TPSA) is 38.8 Å². The first kappa shape index (κ1) is 20.1. The number of halogens is 2. The Hall–Kier alpha value is -1.23. The van der Waals surface area contributed by atoms with Crippen molar-refractivity contribution in [2.24, 2.45) is 0 Å². The minimum Gasteiger partial charge on any atom is -0.444 e. The molecule has 1 heterocycles. The molecule has 0 N–H and O–H groups in total. The maximum atomic E-state index is 12.5. The number of ether oxygens (including phenoxy) is 2. The monoisotopic (exact) mass is 385 g/mol. The number of hydrogen-bond acceptors (Lipinski definition) is 3. The summed E-state index contributed by atoms with van der Waals surface area (Å²) < 4.78 is 10.7. The fourth-order valence-electron chi connectivity index (χ4n) is 2.77. The van der Waals surface area contributed by atoms with Gasteiger partial charge in [0, 0.05) is 20.3 Å². The average molecular weight is 386 g/mol. The predicted molar refractivity (Wildman–Crippen MR) is 102 cm³/mol. The highest BCUT2D eigenvalue weighted by molar-refractivity contribution is 6.42. The van der Waals surface area contributed by atoms with Gasteiger partial charge in [0.1, 0.15) is 5.60 Å². The van der Waals surface area contributed by atoms with Crippen LogP contribution in [-0.2, 0) is 9.47 Å². The van der Waals surface area contributed by atoms with Crippen LogP contribution in [0.15, 0.2) is 24.3 Å². The van der Waals surface area contributed by atoms with Gasteiger partial charge in [0.2, 0.25) is 0 Å². The second-order valence-electron chi connectivity index (χ2n) is 7.09. The van der Waals surface area contributed by atoms with Crippen LogP contribution in [0.3, 0.4) is 0 Å². The van der Waals surface area contributed by atoms with Gasteiger partial charge in [0.05, 0.1) is 16.1 Å². The van der Waals surface area contributed by atoms with E-state index in [2.05, 4.69) is 6.08 Å². The summed E-state index contributed by atoms with van der Waals surface area (Å²) in [6.45, 7) is 6.77. The van der Waals surface area contributed by atoms with Crippen LogP contribution >= 0.6 is 23.2 Å². The number of hydrogen-bond donors (Lipinski definition) is 0. The van der Waals surface area contributed by atoms with Crippen molar-refractivity contribution in [2.75, 3.05) is 20.3 Å². The third-order valence-corrected chi connectivity index (χ3v) is 4.69. The van der Waals surface area contributed by atoms with E-state index < -0.39 is 5.60 Å². The molecule has 0 bridgehead atoms. The second-order valence-corrected chi connectivity index (χ2v) is 7.91. The second kappa shape index (κ2) is 8.43. The molecule has 138 valence electrons. The van der Waals surface area contributed by atoms with Gasteiger partial charge in [-0.15, -0.1) is 0 Å². The fraction of sp³-hybridized carbons (Fsp3) is 0.526. The zero-order valence-electron chi connectivity index (χ0n) is 15.1. The minimum atomic E-state index is -0.517. The first-order chi connectivity index (χ1) is 11.7. The molecular weight excluding hydrogens is 361 g/mol. The Morgan fingerprint density at radius 2 is 2.00 bits per heavy atom. The van der Waals surface area contributed by atoms with Gasteiger partial charge in [-0.3, -0.25) is 0 Å². The zero-order valence-corrected chi connectivity index (χ0v) is 16.7. The first-order valence-corrected chi connectivity index (χ1v) is 9.11. The van der Waals surface area contributed by atoms with Crippen molar-refractivity contribution in [3.05, 3.63) is 39.9 Å². The van der Waals surface area contributed by atoms with Crippen molar-refractivity contribution >= 4 is 34.9 Å². The average Bonchev–Trinajstić information content (AvgIpc) is 2.53. The molecule has 1 aromatic rings. The lowest BCUT2D eigenvalue weighted by Crippen LogP contribution is -2.45. The summed E-state index contributed by atoms with van der Waals surface area (Å²) in [5.41, 5.74) is 1.66. The van der Waals surface area contributed by atoms with Crippen molar-refractivity contribution in [1.82, 2.24) is 4.90 Å². The van der Waals surface area contributed by atoms with Gasteiger partial charge in [0.25, 0.3) is 0 Å². The number of nitrogens with zero attached hydrogens (tertiary/aromatic N) is 1. The van der Waals surface area contributed by atoms with Gasteiger partial charge in [0.15, 0.2) is 0 Å². The summed E-state index contributed by atoms with van der Waals surface area (Å²) in [5.74, 6) is 0. The van der Waals surface area contributed by atoms with E-state index in [0.717, 1.165) is 17.6 Å². The number of rotatable bonds is 4. The summed E-state index contributed by atoms with van der Waals surface area (Å²) in [5, 5.41) is 1.07. The summed E-state index contributed by atoms with van der Waals surface area (Å²) >= 11 is 12.1. The van der Waals surface area contributed by atoms with Crippen LogP contribution in [-0.4, -0.2) is 42.9 Å². The standard InChI is InChI=1S/C19H25Cl2NO3/c1-19(2,3)25-18(23)22-9-7-14(11-15(22)8-10-24-4)13-5-6-16(20)17(21)12-13/h5-6,11-12,15H,7-10H2,1-4H3. The molecule has 1 unspecified atom stereocenters. The van der Waals surface area contributed by atoms with E-state index in [1.807, 2.05) is 32.9 Å². The molecule has 0 aromatic heterocycles. The minimum absolute atomic E-state index is 0.0759. The molecule has 1 amide bonds. The van der Waals surface area contributed by atoms with Gasteiger partial charge >= 0.3 is 6.09 Å². The fourth-order valence-corrected chi connectivity index (χ4v) is 3.07. The molecule has 0 saturated carbocycles. The molecule has 0 fully saturated rings. The normalized spacial score (nSPS) is 18.1. The molecule has 1 aliphatic rings. The van der Waals surface area contributed by atoms with Crippen molar-refractivity contribution in [3.8, 4) is 0 Å². The molecular formula is C19H25Cl2NO3. The van der Waals surface area contributed by atoms with Crippen LogP contribution in [0.2, 0.25) is 10.0 Å². The van der Waals surface area contributed by atoms with Crippen LogP contribution < -0.4 is 0 Å². The molecule has 1 aromatic carbocycles. The molecule has 2 rings (SSSR count). The third-order valence-electron chi connectivity index (χ3n) is 3.95. The van der Waals surface area contributed by atoms with Gasteiger partial charge in [-0.25, -0.2) is 4.79 Å². The molecule has 6 heteroatoms. The van der Waals surface area contributed by atoms with Gasteiger partial charge < -0.3 is 14.4 Å². The molecule has 1 aliphatic heterocycles. The van der Waals surface area contributed by atoms with Crippen molar-refractivity contribution in [3.63, 3.8) is 0 Å². The number of carbonyl (C=O) groups excluding carboxylic acids is 1. The molecule has 0 aliphatic carbocycles. The van der Waals surface area contributed by atoms with Gasteiger partial charge in [-0.2, -0.15) is 0 Å².